The topological polar surface area (TPSA) is 93.8 Å². The van der Waals surface area contributed by atoms with Crippen molar-refractivity contribution in [3.05, 3.63) is 65.7 Å². The zero-order chi connectivity index (χ0) is 25.2. The predicted molar refractivity (Wildman–Crippen MR) is 120 cm³/mol. The summed E-state index contributed by atoms with van der Waals surface area (Å²) in [6, 6.07) is 19.4. The monoisotopic (exact) mass is 478 g/mol. The molecule has 1 aliphatic heterocycles. The lowest BCUT2D eigenvalue weighted by molar-refractivity contribution is -0.192. The predicted octanol–water partition coefficient (Wildman–Crippen LogP) is 4.58. The maximum atomic E-state index is 11.0. The second-order valence-electron chi connectivity index (χ2n) is 8.27. The van der Waals surface area contributed by atoms with Crippen molar-refractivity contribution in [2.75, 3.05) is 26.2 Å². The molecule has 2 aromatic rings. The third kappa shape index (κ3) is 8.36. The van der Waals surface area contributed by atoms with Crippen LogP contribution in [-0.4, -0.2) is 53.5 Å². The summed E-state index contributed by atoms with van der Waals surface area (Å²) in [7, 11) is 0. The molecule has 34 heavy (non-hydrogen) atoms. The maximum Gasteiger partial charge on any atom is 0.490 e. The van der Waals surface area contributed by atoms with E-state index in [-0.39, 0.29) is 0 Å². The van der Waals surface area contributed by atoms with Gasteiger partial charge >= 0.3 is 12.1 Å². The lowest BCUT2D eigenvalue weighted by atomic mass is 9.77. The average Bonchev–Trinajstić information content (AvgIpc) is 2.83. The van der Waals surface area contributed by atoms with Crippen LogP contribution in [0.2, 0.25) is 0 Å². The lowest BCUT2D eigenvalue weighted by Crippen LogP contribution is -2.42. The maximum absolute atomic E-state index is 11.0. The molecule has 1 aliphatic rings. The standard InChI is InChI=1S/C23H28N2O2.C2HF3O2/c1-23(26,20-6-3-2-4-7-20)21-12-15-25(16-13-21)14-5-17-27-22-10-8-19(18-24)9-11-22;3-2(4,5)1(6)7/h2-4,6-11,21,26H,5,12-17H2,1H3;(H,6,7). The summed E-state index contributed by atoms with van der Waals surface area (Å²) in [5, 5.41) is 26.9. The van der Waals surface area contributed by atoms with E-state index >= 15 is 0 Å². The van der Waals surface area contributed by atoms with Crippen LogP contribution in [0.15, 0.2) is 54.6 Å². The molecule has 1 atom stereocenters. The van der Waals surface area contributed by atoms with E-state index in [2.05, 4.69) is 11.0 Å². The third-order valence-corrected chi connectivity index (χ3v) is 5.85. The minimum absolute atomic E-state index is 0.297. The van der Waals surface area contributed by atoms with Crippen molar-refractivity contribution in [2.24, 2.45) is 5.92 Å². The molecule has 2 aromatic carbocycles. The summed E-state index contributed by atoms with van der Waals surface area (Å²) < 4.78 is 37.5. The molecule has 6 nitrogen and oxygen atoms in total. The van der Waals surface area contributed by atoms with Gasteiger partial charge in [0, 0.05) is 6.54 Å². The van der Waals surface area contributed by atoms with Gasteiger partial charge in [-0.25, -0.2) is 4.79 Å². The number of hydrogen-bond acceptors (Lipinski definition) is 5. The van der Waals surface area contributed by atoms with E-state index in [4.69, 9.17) is 19.9 Å². The smallest absolute Gasteiger partial charge is 0.490 e. The van der Waals surface area contributed by atoms with Gasteiger partial charge in [0.1, 0.15) is 5.75 Å². The summed E-state index contributed by atoms with van der Waals surface area (Å²) in [5.74, 6) is -1.65. The van der Waals surface area contributed by atoms with Crippen LogP contribution in [0.5, 0.6) is 5.75 Å². The first-order chi connectivity index (χ1) is 16.0. The summed E-state index contributed by atoms with van der Waals surface area (Å²) in [5.41, 5.74) is 0.905. The van der Waals surface area contributed by atoms with Gasteiger partial charge in [-0.1, -0.05) is 30.3 Å². The summed E-state index contributed by atoms with van der Waals surface area (Å²) in [4.78, 5) is 11.4. The van der Waals surface area contributed by atoms with E-state index in [1.54, 1.807) is 12.1 Å². The number of rotatable bonds is 7. The van der Waals surface area contributed by atoms with Gasteiger partial charge in [0.15, 0.2) is 0 Å². The molecule has 0 amide bonds. The number of carboxylic acid groups (broad SMARTS) is 1. The Labute approximate surface area is 197 Å². The molecule has 184 valence electrons. The van der Waals surface area contributed by atoms with Crippen LogP contribution in [0.1, 0.15) is 37.3 Å². The molecule has 0 radical (unpaired) electrons. The van der Waals surface area contributed by atoms with Gasteiger partial charge < -0.3 is 19.8 Å². The van der Waals surface area contributed by atoms with E-state index < -0.39 is 17.7 Å². The van der Waals surface area contributed by atoms with Gasteiger partial charge in [0.05, 0.1) is 23.8 Å². The number of carboxylic acids is 1. The Morgan fingerprint density at radius 3 is 2.18 bits per heavy atom. The summed E-state index contributed by atoms with van der Waals surface area (Å²) in [6.07, 6.45) is -2.09. The van der Waals surface area contributed by atoms with Crippen LogP contribution < -0.4 is 4.74 Å². The second kappa shape index (κ2) is 12.4. The molecule has 1 unspecified atom stereocenters. The molecule has 2 N–H and O–H groups in total. The average molecular weight is 479 g/mol. The Kier molecular flexibility index (Phi) is 9.90. The lowest BCUT2D eigenvalue weighted by Gasteiger charge is -2.40. The largest absolute Gasteiger partial charge is 0.494 e. The number of halogens is 3. The number of piperidine rings is 1. The first-order valence-electron chi connectivity index (χ1n) is 11.0. The molecule has 1 fully saturated rings. The second-order valence-corrected chi connectivity index (χ2v) is 8.27. The van der Waals surface area contributed by atoms with Crippen LogP contribution in [0, 0.1) is 17.2 Å². The molecule has 0 spiro atoms. The Hall–Kier alpha value is -3.09. The highest BCUT2D eigenvalue weighted by Gasteiger charge is 2.38. The number of ether oxygens (including phenoxy) is 1. The Balaban J connectivity index is 0.000000509. The molecular formula is C25H29F3N2O4. The molecule has 0 aromatic heterocycles. The van der Waals surface area contributed by atoms with E-state index in [0.717, 1.165) is 50.2 Å². The highest BCUT2D eigenvalue weighted by molar-refractivity contribution is 5.73. The molecular weight excluding hydrogens is 449 g/mol. The number of aliphatic hydroxyl groups is 1. The minimum Gasteiger partial charge on any atom is -0.494 e. The molecule has 1 heterocycles. The summed E-state index contributed by atoms with van der Waals surface area (Å²) >= 11 is 0. The fraction of sp³-hybridized carbons (Fsp3) is 0.440. The Morgan fingerprint density at radius 1 is 1.12 bits per heavy atom. The summed E-state index contributed by atoms with van der Waals surface area (Å²) in [6.45, 7) is 5.67. The van der Waals surface area contributed by atoms with Gasteiger partial charge in [-0.2, -0.15) is 18.4 Å². The van der Waals surface area contributed by atoms with Crippen molar-refractivity contribution < 1.29 is 32.9 Å². The number of benzene rings is 2. The fourth-order valence-electron chi connectivity index (χ4n) is 3.83. The van der Waals surface area contributed by atoms with E-state index in [0.29, 0.717) is 18.1 Å². The van der Waals surface area contributed by atoms with Crippen LogP contribution in [-0.2, 0) is 10.4 Å². The number of nitriles is 1. The molecule has 1 saturated heterocycles. The molecule has 0 saturated carbocycles. The number of nitrogens with zero attached hydrogens (tertiary/aromatic N) is 2. The van der Waals surface area contributed by atoms with Crippen LogP contribution in [0.25, 0.3) is 0 Å². The van der Waals surface area contributed by atoms with Crippen molar-refractivity contribution in [1.82, 2.24) is 4.90 Å². The molecule has 3 rings (SSSR count). The van der Waals surface area contributed by atoms with Gasteiger partial charge in [0.25, 0.3) is 0 Å². The SMILES string of the molecule is CC(O)(c1ccccc1)C1CCN(CCCOc2ccc(C#N)cc2)CC1.O=C(O)C(F)(F)F. The minimum atomic E-state index is -5.08. The number of aliphatic carboxylic acids is 1. The molecule has 0 aliphatic carbocycles. The first kappa shape index (κ1) is 27.2. The van der Waals surface area contributed by atoms with Gasteiger partial charge in [-0.3, -0.25) is 0 Å². The van der Waals surface area contributed by atoms with Crippen molar-refractivity contribution >= 4 is 5.97 Å². The van der Waals surface area contributed by atoms with Gasteiger partial charge in [-0.15, -0.1) is 0 Å². The van der Waals surface area contributed by atoms with Crippen LogP contribution in [0.3, 0.4) is 0 Å². The number of hydrogen-bond donors (Lipinski definition) is 2. The van der Waals surface area contributed by atoms with E-state index in [9.17, 15) is 18.3 Å². The van der Waals surface area contributed by atoms with Crippen molar-refractivity contribution in [3.63, 3.8) is 0 Å². The molecule has 0 bridgehead atoms. The Bertz CT molecular complexity index is 933. The van der Waals surface area contributed by atoms with Crippen molar-refractivity contribution in [2.45, 2.75) is 38.0 Å². The van der Waals surface area contributed by atoms with Crippen molar-refractivity contribution in [3.8, 4) is 11.8 Å². The van der Waals surface area contributed by atoms with Gasteiger partial charge in [-0.05, 0) is 75.0 Å². The number of likely N-dealkylation sites (tertiary alicyclic amines) is 1. The van der Waals surface area contributed by atoms with Crippen molar-refractivity contribution in [1.29, 1.82) is 5.26 Å². The van der Waals surface area contributed by atoms with E-state index in [1.165, 1.54) is 0 Å². The third-order valence-electron chi connectivity index (χ3n) is 5.85. The first-order valence-corrected chi connectivity index (χ1v) is 11.0. The Morgan fingerprint density at radius 2 is 1.68 bits per heavy atom. The van der Waals surface area contributed by atoms with Crippen LogP contribution >= 0.6 is 0 Å². The van der Waals surface area contributed by atoms with Crippen LogP contribution in [0.4, 0.5) is 13.2 Å². The van der Waals surface area contributed by atoms with E-state index in [1.807, 2.05) is 49.4 Å². The number of alkyl halides is 3. The zero-order valence-electron chi connectivity index (χ0n) is 19.0. The normalized spacial score (nSPS) is 16.5. The highest BCUT2D eigenvalue weighted by atomic mass is 19.4. The molecule has 9 heteroatoms. The fourth-order valence-corrected chi connectivity index (χ4v) is 3.83. The zero-order valence-corrected chi connectivity index (χ0v) is 19.0. The highest BCUT2D eigenvalue weighted by Crippen LogP contribution is 2.36. The quantitative estimate of drug-likeness (QED) is 0.566. The van der Waals surface area contributed by atoms with Gasteiger partial charge in [0.2, 0.25) is 0 Å². The number of carbonyl (C=O) groups is 1.